The van der Waals surface area contributed by atoms with E-state index in [1.807, 2.05) is 19.9 Å². The number of rotatable bonds is 4. The number of morpholine rings is 1. The molecule has 118 valence electrons. The van der Waals surface area contributed by atoms with Crippen molar-refractivity contribution in [1.82, 2.24) is 20.2 Å². The van der Waals surface area contributed by atoms with E-state index in [1.54, 1.807) is 0 Å². The van der Waals surface area contributed by atoms with E-state index in [0.717, 1.165) is 36.7 Å². The third kappa shape index (κ3) is 2.66. The summed E-state index contributed by atoms with van der Waals surface area (Å²) in [7, 11) is 0. The third-order valence-corrected chi connectivity index (χ3v) is 4.29. The molecule has 1 saturated heterocycles. The Kier molecular flexibility index (Phi) is 3.46. The van der Waals surface area contributed by atoms with Gasteiger partial charge in [-0.1, -0.05) is 10.3 Å². The van der Waals surface area contributed by atoms with E-state index in [-0.39, 0.29) is 12.1 Å². The zero-order valence-electron chi connectivity index (χ0n) is 12.9. The second kappa shape index (κ2) is 5.48. The van der Waals surface area contributed by atoms with Crippen LogP contribution in [0.2, 0.25) is 0 Å². The number of aryl methyl sites for hydroxylation is 1. The van der Waals surface area contributed by atoms with Crippen LogP contribution in [0, 0.1) is 6.92 Å². The van der Waals surface area contributed by atoms with Crippen molar-refractivity contribution in [3.63, 3.8) is 0 Å². The maximum Gasteiger partial charge on any atom is 0.246 e. The topological polar surface area (TPSA) is 77.4 Å². The molecule has 2 atom stereocenters. The summed E-state index contributed by atoms with van der Waals surface area (Å²) in [4.78, 5) is 6.86. The first kappa shape index (κ1) is 13.9. The molecule has 4 rings (SSSR count). The van der Waals surface area contributed by atoms with Crippen LogP contribution < -0.4 is 0 Å². The Bertz CT molecular complexity index is 649. The van der Waals surface area contributed by atoms with Gasteiger partial charge >= 0.3 is 0 Å². The molecule has 7 heteroatoms. The molecule has 2 aromatic heterocycles. The molecule has 0 bridgehead atoms. The zero-order valence-corrected chi connectivity index (χ0v) is 12.9. The highest BCUT2D eigenvalue weighted by Crippen LogP contribution is 2.39. The maximum atomic E-state index is 5.79. The molecule has 2 fully saturated rings. The highest BCUT2D eigenvalue weighted by molar-refractivity contribution is 5.08. The fourth-order valence-electron chi connectivity index (χ4n) is 2.98. The second-order valence-corrected chi connectivity index (χ2v) is 6.19. The molecule has 2 aromatic rings. The van der Waals surface area contributed by atoms with Crippen LogP contribution in [-0.2, 0) is 11.3 Å². The summed E-state index contributed by atoms with van der Waals surface area (Å²) in [6, 6.07) is 1.92. The molecule has 1 saturated carbocycles. The molecular weight excluding hydrogens is 284 g/mol. The first-order valence-corrected chi connectivity index (χ1v) is 7.82. The minimum absolute atomic E-state index is 0.00488. The van der Waals surface area contributed by atoms with Gasteiger partial charge in [0.25, 0.3) is 0 Å². The predicted octanol–water partition coefficient (Wildman–Crippen LogP) is 2.21. The van der Waals surface area contributed by atoms with Crippen LogP contribution in [-0.4, -0.2) is 39.5 Å². The number of ether oxygens (including phenoxy) is 1. The van der Waals surface area contributed by atoms with Crippen LogP contribution in [0.15, 0.2) is 15.1 Å². The molecule has 0 spiro atoms. The second-order valence-electron chi connectivity index (χ2n) is 6.19. The van der Waals surface area contributed by atoms with Crippen molar-refractivity contribution in [3.05, 3.63) is 29.2 Å². The van der Waals surface area contributed by atoms with E-state index < -0.39 is 0 Å². The Balaban J connectivity index is 1.56. The first-order valence-electron chi connectivity index (χ1n) is 7.82. The highest BCUT2D eigenvalue weighted by Gasteiger charge is 2.37. The fraction of sp³-hybridized carbons (Fsp3) is 0.667. The standard InChI is InChI=1S/C15H20N4O3/c1-9-7-12(21-17-9)8-19-5-6-20-10(2)13(19)15-16-14(18-22-15)11-3-4-11/h7,10-11,13H,3-6,8H2,1-2H3/t10-,13+/m1/s1. The van der Waals surface area contributed by atoms with Gasteiger partial charge in [-0.15, -0.1) is 0 Å². The highest BCUT2D eigenvalue weighted by atomic mass is 16.5. The first-order chi connectivity index (χ1) is 10.7. The van der Waals surface area contributed by atoms with Crippen LogP contribution in [0.4, 0.5) is 0 Å². The zero-order chi connectivity index (χ0) is 15.1. The van der Waals surface area contributed by atoms with Crippen LogP contribution in [0.3, 0.4) is 0 Å². The molecule has 3 heterocycles. The van der Waals surface area contributed by atoms with Crippen molar-refractivity contribution in [2.24, 2.45) is 0 Å². The number of hydrogen-bond donors (Lipinski definition) is 0. The van der Waals surface area contributed by atoms with Gasteiger partial charge in [0.05, 0.1) is 24.9 Å². The Morgan fingerprint density at radius 3 is 2.86 bits per heavy atom. The molecule has 0 N–H and O–H groups in total. The van der Waals surface area contributed by atoms with Crippen LogP contribution >= 0.6 is 0 Å². The van der Waals surface area contributed by atoms with Crippen molar-refractivity contribution in [1.29, 1.82) is 0 Å². The Labute approximate surface area is 128 Å². The van der Waals surface area contributed by atoms with Gasteiger partial charge < -0.3 is 13.8 Å². The summed E-state index contributed by atoms with van der Waals surface area (Å²) in [5.74, 6) is 2.81. The van der Waals surface area contributed by atoms with E-state index in [1.165, 1.54) is 0 Å². The molecule has 2 aliphatic rings. The Morgan fingerprint density at radius 1 is 1.27 bits per heavy atom. The van der Waals surface area contributed by atoms with Gasteiger partial charge in [-0.2, -0.15) is 4.98 Å². The largest absolute Gasteiger partial charge is 0.375 e. The summed E-state index contributed by atoms with van der Waals surface area (Å²) in [5, 5.41) is 8.08. The summed E-state index contributed by atoms with van der Waals surface area (Å²) in [5.41, 5.74) is 0.890. The van der Waals surface area contributed by atoms with Crippen molar-refractivity contribution in [3.8, 4) is 0 Å². The molecule has 1 aliphatic heterocycles. The number of aromatic nitrogens is 3. The lowest BCUT2D eigenvalue weighted by Crippen LogP contribution is -2.43. The van der Waals surface area contributed by atoms with Crippen molar-refractivity contribution in [2.45, 2.75) is 51.3 Å². The van der Waals surface area contributed by atoms with E-state index in [2.05, 4.69) is 20.2 Å². The number of nitrogens with zero attached hydrogens (tertiary/aromatic N) is 4. The average molecular weight is 304 g/mol. The Morgan fingerprint density at radius 2 is 2.14 bits per heavy atom. The van der Waals surface area contributed by atoms with E-state index in [0.29, 0.717) is 25.0 Å². The minimum atomic E-state index is -0.0424. The van der Waals surface area contributed by atoms with Crippen molar-refractivity contribution >= 4 is 0 Å². The lowest BCUT2D eigenvalue weighted by molar-refractivity contribution is -0.0784. The molecule has 0 amide bonds. The average Bonchev–Trinajstić information content (AvgIpc) is 3.10. The van der Waals surface area contributed by atoms with Gasteiger partial charge in [-0.05, 0) is 26.7 Å². The third-order valence-electron chi connectivity index (χ3n) is 4.29. The van der Waals surface area contributed by atoms with E-state index in [9.17, 15) is 0 Å². The SMILES string of the molecule is Cc1cc(CN2CCO[C@H](C)[C@H]2c2nc(C3CC3)no2)on1. The van der Waals surface area contributed by atoms with E-state index >= 15 is 0 Å². The van der Waals surface area contributed by atoms with Gasteiger partial charge in [0, 0.05) is 18.5 Å². The Hall–Kier alpha value is -1.73. The normalized spacial score (nSPS) is 26.5. The minimum Gasteiger partial charge on any atom is -0.375 e. The molecule has 0 aromatic carbocycles. The van der Waals surface area contributed by atoms with Gasteiger partial charge in [-0.25, -0.2) is 0 Å². The predicted molar refractivity (Wildman–Crippen MR) is 76.1 cm³/mol. The van der Waals surface area contributed by atoms with Crippen LogP contribution in [0.1, 0.15) is 54.9 Å². The molecule has 1 aliphatic carbocycles. The quantitative estimate of drug-likeness (QED) is 0.857. The lowest BCUT2D eigenvalue weighted by Gasteiger charge is -2.36. The molecular formula is C15H20N4O3. The number of hydrogen-bond acceptors (Lipinski definition) is 7. The summed E-state index contributed by atoms with van der Waals surface area (Å²) in [6.45, 7) is 6.13. The molecule has 7 nitrogen and oxygen atoms in total. The van der Waals surface area contributed by atoms with E-state index in [4.69, 9.17) is 13.8 Å². The summed E-state index contributed by atoms with van der Waals surface area (Å²) >= 11 is 0. The van der Waals surface area contributed by atoms with Crippen molar-refractivity contribution in [2.75, 3.05) is 13.2 Å². The van der Waals surface area contributed by atoms with Crippen LogP contribution in [0.5, 0.6) is 0 Å². The van der Waals surface area contributed by atoms with Gasteiger partial charge in [0.1, 0.15) is 6.04 Å². The molecule has 0 radical (unpaired) electrons. The van der Waals surface area contributed by atoms with Crippen molar-refractivity contribution < 1.29 is 13.8 Å². The summed E-state index contributed by atoms with van der Waals surface area (Å²) < 4.78 is 16.6. The summed E-state index contributed by atoms with van der Waals surface area (Å²) in [6.07, 6.45) is 2.33. The molecule has 0 unspecified atom stereocenters. The lowest BCUT2D eigenvalue weighted by atomic mass is 10.1. The smallest absolute Gasteiger partial charge is 0.246 e. The van der Waals surface area contributed by atoms with Gasteiger partial charge in [-0.3, -0.25) is 4.90 Å². The fourth-order valence-corrected chi connectivity index (χ4v) is 2.98. The van der Waals surface area contributed by atoms with Gasteiger partial charge in [0.15, 0.2) is 11.6 Å². The maximum absolute atomic E-state index is 5.79. The molecule has 22 heavy (non-hydrogen) atoms. The van der Waals surface area contributed by atoms with Gasteiger partial charge in [0.2, 0.25) is 5.89 Å². The van der Waals surface area contributed by atoms with Crippen LogP contribution in [0.25, 0.3) is 0 Å². The monoisotopic (exact) mass is 304 g/mol.